The number of hydrazine groups is 1. The number of carboxylic acid groups (broad SMARTS) is 1. The van der Waals surface area contributed by atoms with Crippen LogP contribution in [0.25, 0.3) is 0 Å². The molecule has 2 unspecified atom stereocenters. The van der Waals surface area contributed by atoms with E-state index in [2.05, 4.69) is 0 Å². The summed E-state index contributed by atoms with van der Waals surface area (Å²) < 4.78 is 0. The molecule has 1 amide bonds. The van der Waals surface area contributed by atoms with Gasteiger partial charge in [-0.15, -0.1) is 0 Å². The minimum absolute atomic E-state index is 0.0890. The monoisotopic (exact) mass is 272 g/mol. The van der Waals surface area contributed by atoms with Crippen molar-refractivity contribution in [2.45, 2.75) is 65.8 Å². The number of aliphatic carboxylic acids is 1. The van der Waals surface area contributed by atoms with Gasteiger partial charge in [-0.2, -0.15) is 0 Å². The predicted molar refractivity (Wildman–Crippen MR) is 75.2 cm³/mol. The quantitative estimate of drug-likeness (QED) is 0.383. The molecule has 0 aliphatic rings. The predicted octanol–water partition coefficient (Wildman–Crippen LogP) is 2.40. The lowest BCUT2D eigenvalue weighted by Crippen LogP contribution is -2.47. The number of nitrogens with zero attached hydrogens (tertiary/aromatic N) is 1. The van der Waals surface area contributed by atoms with E-state index in [0.717, 1.165) is 17.9 Å². The van der Waals surface area contributed by atoms with E-state index in [1.165, 1.54) is 0 Å². The standard InChI is InChI=1S/C14H28N2O3/c1-5-11(4)8-12(9-14(18)19)16(15)13(17)7-6-10(2)3/h10-12H,5-9,15H2,1-4H3,(H,18,19). The van der Waals surface area contributed by atoms with Crippen LogP contribution in [0.4, 0.5) is 0 Å². The fourth-order valence-corrected chi connectivity index (χ4v) is 1.87. The molecule has 0 radical (unpaired) electrons. The molecular weight excluding hydrogens is 244 g/mol. The topological polar surface area (TPSA) is 83.6 Å². The van der Waals surface area contributed by atoms with E-state index >= 15 is 0 Å². The molecule has 112 valence electrons. The lowest BCUT2D eigenvalue weighted by molar-refractivity contribution is -0.141. The van der Waals surface area contributed by atoms with Crippen molar-refractivity contribution < 1.29 is 14.7 Å². The van der Waals surface area contributed by atoms with Gasteiger partial charge in [0.1, 0.15) is 0 Å². The molecule has 0 aromatic rings. The van der Waals surface area contributed by atoms with Gasteiger partial charge in [0.15, 0.2) is 0 Å². The average molecular weight is 272 g/mol. The van der Waals surface area contributed by atoms with Crippen molar-refractivity contribution in [2.24, 2.45) is 17.7 Å². The zero-order valence-electron chi connectivity index (χ0n) is 12.6. The van der Waals surface area contributed by atoms with Gasteiger partial charge in [-0.05, 0) is 24.7 Å². The maximum atomic E-state index is 11.9. The molecule has 0 bridgehead atoms. The van der Waals surface area contributed by atoms with E-state index in [9.17, 15) is 9.59 Å². The van der Waals surface area contributed by atoms with Crippen LogP contribution in [0.15, 0.2) is 0 Å². The molecule has 2 atom stereocenters. The lowest BCUT2D eigenvalue weighted by atomic mass is 9.96. The molecule has 0 spiro atoms. The summed E-state index contributed by atoms with van der Waals surface area (Å²) in [5.41, 5.74) is 0. The molecule has 0 heterocycles. The molecular formula is C14H28N2O3. The van der Waals surface area contributed by atoms with Crippen LogP contribution in [0.5, 0.6) is 0 Å². The molecule has 5 heteroatoms. The van der Waals surface area contributed by atoms with E-state index in [1.807, 2.05) is 27.7 Å². The fourth-order valence-electron chi connectivity index (χ4n) is 1.87. The summed E-state index contributed by atoms with van der Waals surface area (Å²) in [4.78, 5) is 22.8. The van der Waals surface area contributed by atoms with Gasteiger partial charge in [-0.1, -0.05) is 34.1 Å². The van der Waals surface area contributed by atoms with Gasteiger partial charge in [0, 0.05) is 6.42 Å². The summed E-state index contributed by atoms with van der Waals surface area (Å²) in [5, 5.41) is 10.1. The Morgan fingerprint density at radius 1 is 1.26 bits per heavy atom. The number of amides is 1. The molecule has 0 saturated carbocycles. The van der Waals surface area contributed by atoms with Crippen molar-refractivity contribution in [3.8, 4) is 0 Å². The smallest absolute Gasteiger partial charge is 0.305 e. The minimum atomic E-state index is -0.916. The van der Waals surface area contributed by atoms with Crippen molar-refractivity contribution in [3.05, 3.63) is 0 Å². The Kier molecular flexibility index (Phi) is 8.39. The van der Waals surface area contributed by atoms with Gasteiger partial charge in [-0.3, -0.25) is 14.6 Å². The van der Waals surface area contributed by atoms with Gasteiger partial charge >= 0.3 is 5.97 Å². The third kappa shape index (κ3) is 7.82. The molecule has 3 N–H and O–H groups in total. The molecule has 0 rings (SSSR count). The zero-order valence-corrected chi connectivity index (χ0v) is 12.6. The normalized spacial score (nSPS) is 14.2. The summed E-state index contributed by atoms with van der Waals surface area (Å²) in [6.07, 6.45) is 2.64. The molecule has 0 aromatic heterocycles. The second kappa shape index (κ2) is 8.91. The number of hydrogen-bond donors (Lipinski definition) is 2. The Morgan fingerprint density at radius 2 is 1.84 bits per heavy atom. The van der Waals surface area contributed by atoms with E-state index in [4.69, 9.17) is 10.9 Å². The number of carbonyl (C=O) groups excluding carboxylic acids is 1. The maximum Gasteiger partial charge on any atom is 0.305 e. The van der Waals surface area contributed by atoms with E-state index < -0.39 is 12.0 Å². The van der Waals surface area contributed by atoms with Crippen molar-refractivity contribution in [1.82, 2.24) is 5.01 Å². The van der Waals surface area contributed by atoms with E-state index in [0.29, 0.717) is 24.7 Å². The highest BCUT2D eigenvalue weighted by atomic mass is 16.4. The van der Waals surface area contributed by atoms with Crippen LogP contribution in [0.2, 0.25) is 0 Å². The van der Waals surface area contributed by atoms with Crippen molar-refractivity contribution >= 4 is 11.9 Å². The SMILES string of the molecule is CCC(C)CC(CC(=O)O)N(N)C(=O)CCC(C)C. The van der Waals surface area contributed by atoms with Gasteiger partial charge in [0.25, 0.3) is 0 Å². The first kappa shape index (κ1) is 17.9. The van der Waals surface area contributed by atoms with Crippen LogP contribution >= 0.6 is 0 Å². The first-order valence-electron chi connectivity index (χ1n) is 7.06. The Morgan fingerprint density at radius 3 is 2.26 bits per heavy atom. The molecule has 0 fully saturated rings. The van der Waals surface area contributed by atoms with Crippen LogP contribution in [0, 0.1) is 11.8 Å². The third-order valence-corrected chi connectivity index (χ3v) is 3.40. The number of rotatable bonds is 9. The molecule has 19 heavy (non-hydrogen) atoms. The number of hydrogen-bond acceptors (Lipinski definition) is 3. The summed E-state index contributed by atoms with van der Waals surface area (Å²) in [7, 11) is 0. The number of carbonyl (C=O) groups is 2. The van der Waals surface area contributed by atoms with Crippen molar-refractivity contribution in [3.63, 3.8) is 0 Å². The summed E-state index contributed by atoms with van der Waals surface area (Å²) >= 11 is 0. The number of carboxylic acids is 1. The summed E-state index contributed by atoms with van der Waals surface area (Å²) in [6, 6.07) is -0.410. The van der Waals surface area contributed by atoms with Crippen LogP contribution < -0.4 is 5.84 Å². The van der Waals surface area contributed by atoms with Crippen LogP contribution in [0.1, 0.15) is 59.8 Å². The first-order chi connectivity index (χ1) is 8.77. The lowest BCUT2D eigenvalue weighted by Gasteiger charge is -2.28. The zero-order chi connectivity index (χ0) is 15.0. The maximum absolute atomic E-state index is 11.9. The number of nitrogens with two attached hydrogens (primary N) is 1. The highest BCUT2D eigenvalue weighted by Crippen LogP contribution is 2.17. The van der Waals surface area contributed by atoms with Gasteiger partial charge in [0.05, 0.1) is 12.5 Å². The highest BCUT2D eigenvalue weighted by Gasteiger charge is 2.24. The van der Waals surface area contributed by atoms with Crippen molar-refractivity contribution in [1.29, 1.82) is 0 Å². The second-order valence-electron chi connectivity index (χ2n) is 5.73. The Hall–Kier alpha value is -1.10. The molecule has 0 aliphatic carbocycles. The highest BCUT2D eigenvalue weighted by molar-refractivity contribution is 5.77. The summed E-state index contributed by atoms with van der Waals surface area (Å²) in [6.45, 7) is 8.18. The van der Waals surface area contributed by atoms with Crippen LogP contribution in [-0.4, -0.2) is 28.0 Å². The van der Waals surface area contributed by atoms with Gasteiger partial charge < -0.3 is 5.11 Å². The molecule has 5 nitrogen and oxygen atoms in total. The van der Waals surface area contributed by atoms with Crippen LogP contribution in [0.3, 0.4) is 0 Å². The van der Waals surface area contributed by atoms with Crippen LogP contribution in [-0.2, 0) is 9.59 Å². The fraction of sp³-hybridized carbons (Fsp3) is 0.857. The third-order valence-electron chi connectivity index (χ3n) is 3.40. The largest absolute Gasteiger partial charge is 0.481 e. The Balaban J connectivity index is 4.55. The first-order valence-corrected chi connectivity index (χ1v) is 7.06. The van der Waals surface area contributed by atoms with E-state index in [1.54, 1.807) is 0 Å². The molecule has 0 aliphatic heterocycles. The van der Waals surface area contributed by atoms with Gasteiger partial charge in [-0.25, -0.2) is 5.84 Å². The van der Waals surface area contributed by atoms with Crippen molar-refractivity contribution in [2.75, 3.05) is 0 Å². The Bertz CT molecular complexity index is 292. The minimum Gasteiger partial charge on any atom is -0.481 e. The molecule has 0 aromatic carbocycles. The molecule has 0 saturated heterocycles. The van der Waals surface area contributed by atoms with E-state index in [-0.39, 0.29) is 12.3 Å². The Labute approximate surface area is 116 Å². The summed E-state index contributed by atoms with van der Waals surface area (Å²) in [5.74, 6) is 5.53. The van der Waals surface area contributed by atoms with Gasteiger partial charge in [0.2, 0.25) is 5.91 Å². The average Bonchev–Trinajstić information content (AvgIpc) is 2.33. The second-order valence-corrected chi connectivity index (χ2v) is 5.73.